The molecule has 188 valence electrons. The minimum atomic E-state index is 0.0327. The maximum absolute atomic E-state index is 11.4. The highest BCUT2D eigenvalue weighted by molar-refractivity contribution is 7.14. The Morgan fingerprint density at radius 1 is 1.14 bits per heavy atom. The van der Waals surface area contributed by atoms with Gasteiger partial charge in [0, 0.05) is 30.8 Å². The summed E-state index contributed by atoms with van der Waals surface area (Å²) in [4.78, 5) is 16.1. The highest BCUT2D eigenvalue weighted by Gasteiger charge is 2.27. The Hall–Kier alpha value is -3.88. The van der Waals surface area contributed by atoms with Crippen molar-refractivity contribution in [3.8, 4) is 28.0 Å². The van der Waals surface area contributed by atoms with E-state index < -0.39 is 0 Å². The number of amides is 1. The van der Waals surface area contributed by atoms with Crippen molar-refractivity contribution < 1.29 is 9.53 Å². The molecule has 0 aromatic carbocycles. The molecule has 0 unspecified atom stereocenters. The van der Waals surface area contributed by atoms with E-state index >= 15 is 0 Å². The molecule has 2 fully saturated rings. The van der Waals surface area contributed by atoms with E-state index in [-0.39, 0.29) is 18.0 Å². The summed E-state index contributed by atoms with van der Waals surface area (Å²) < 4.78 is 7.17. The number of rotatable bonds is 6. The number of hydrogen-bond acceptors (Lipinski definition) is 9. The SMILES string of the molecule is CC(=O)NC1CCC(c2nnc(-c3cnc(-c4ccc5cc(C#N)cnn45)cc3NC3COC3)s2)CC1. The van der Waals surface area contributed by atoms with Gasteiger partial charge in [-0.1, -0.05) is 11.3 Å². The van der Waals surface area contributed by atoms with E-state index in [4.69, 9.17) is 9.72 Å². The van der Waals surface area contributed by atoms with Crippen LogP contribution in [0, 0.1) is 11.3 Å². The van der Waals surface area contributed by atoms with Crippen molar-refractivity contribution in [2.45, 2.75) is 50.6 Å². The summed E-state index contributed by atoms with van der Waals surface area (Å²) in [5.74, 6) is 0.390. The number of carbonyl (C=O) groups excluding carboxylic acids is 1. The minimum Gasteiger partial charge on any atom is -0.377 e. The number of nitriles is 1. The summed E-state index contributed by atoms with van der Waals surface area (Å²) >= 11 is 1.62. The first-order valence-electron chi connectivity index (χ1n) is 12.4. The average molecular weight is 515 g/mol. The number of fused-ring (bicyclic) bond motifs is 1. The summed E-state index contributed by atoms with van der Waals surface area (Å²) in [6.45, 7) is 2.88. The Morgan fingerprint density at radius 3 is 2.70 bits per heavy atom. The molecule has 2 N–H and O–H groups in total. The molecule has 0 bridgehead atoms. The standard InChI is InChI=1S/C26H26N8O2S/c1-15(35)30-18-4-2-17(3-5-18)25-32-33-26(37-25)21-12-28-23(9-22(21)31-19-13-36-14-19)24-7-6-20-8-16(10-27)11-29-34(20)24/h6-9,11-12,17-19H,2-5,13-14H2,1H3,(H,28,31)(H,30,35). The van der Waals surface area contributed by atoms with Crippen molar-refractivity contribution in [2.24, 2.45) is 0 Å². The number of pyridine rings is 1. The van der Waals surface area contributed by atoms with Crippen LogP contribution in [0.15, 0.2) is 36.7 Å². The van der Waals surface area contributed by atoms with Gasteiger partial charge in [-0.2, -0.15) is 10.4 Å². The average Bonchev–Trinajstić information content (AvgIpc) is 3.53. The van der Waals surface area contributed by atoms with E-state index in [1.807, 2.05) is 30.5 Å². The molecule has 4 aromatic rings. The molecule has 10 nitrogen and oxygen atoms in total. The van der Waals surface area contributed by atoms with Crippen molar-refractivity contribution in [2.75, 3.05) is 18.5 Å². The third-order valence-corrected chi connectivity index (χ3v) is 8.07. The normalized spacial score (nSPS) is 19.8. The van der Waals surface area contributed by atoms with Crippen LogP contribution in [-0.4, -0.2) is 56.0 Å². The summed E-state index contributed by atoms with van der Waals surface area (Å²) in [5, 5.41) is 31.2. The van der Waals surface area contributed by atoms with E-state index in [0.29, 0.717) is 24.7 Å². The Balaban J connectivity index is 1.28. The first kappa shape index (κ1) is 23.5. The molecule has 1 aliphatic carbocycles. The second-order valence-corrected chi connectivity index (χ2v) is 10.6. The first-order valence-corrected chi connectivity index (χ1v) is 13.2. The number of nitrogens with zero attached hydrogens (tertiary/aromatic N) is 6. The van der Waals surface area contributed by atoms with Crippen molar-refractivity contribution >= 4 is 28.4 Å². The monoisotopic (exact) mass is 514 g/mol. The Labute approximate surface area is 217 Å². The van der Waals surface area contributed by atoms with Crippen LogP contribution in [0.4, 0.5) is 5.69 Å². The van der Waals surface area contributed by atoms with Crippen LogP contribution < -0.4 is 10.6 Å². The van der Waals surface area contributed by atoms with Crippen molar-refractivity contribution in [1.82, 2.24) is 30.1 Å². The molecule has 6 rings (SSSR count). The summed E-state index contributed by atoms with van der Waals surface area (Å²) in [6.07, 6.45) is 7.30. The van der Waals surface area contributed by atoms with Gasteiger partial charge in [-0.25, -0.2) is 4.52 Å². The topological polar surface area (TPSA) is 130 Å². The third-order valence-electron chi connectivity index (χ3n) is 6.95. The lowest BCUT2D eigenvalue weighted by molar-refractivity contribution is -0.119. The van der Waals surface area contributed by atoms with E-state index in [2.05, 4.69) is 32.0 Å². The number of ether oxygens (including phenoxy) is 1. The second-order valence-electron chi connectivity index (χ2n) is 9.60. The molecule has 0 radical (unpaired) electrons. The summed E-state index contributed by atoms with van der Waals surface area (Å²) in [5.41, 5.74) is 4.80. The first-order chi connectivity index (χ1) is 18.1. The van der Waals surface area contributed by atoms with Gasteiger partial charge in [0.1, 0.15) is 11.1 Å². The Kier molecular flexibility index (Phi) is 6.28. The smallest absolute Gasteiger partial charge is 0.217 e. The quantitative estimate of drug-likeness (QED) is 0.398. The molecule has 1 aliphatic heterocycles. The lowest BCUT2D eigenvalue weighted by Gasteiger charge is -2.28. The zero-order valence-electron chi connectivity index (χ0n) is 20.3. The zero-order valence-corrected chi connectivity index (χ0v) is 21.2. The van der Waals surface area contributed by atoms with E-state index in [9.17, 15) is 10.1 Å². The van der Waals surface area contributed by atoms with Gasteiger partial charge in [0.25, 0.3) is 0 Å². The summed E-state index contributed by atoms with van der Waals surface area (Å²) in [7, 11) is 0. The van der Waals surface area contributed by atoms with Crippen LogP contribution in [0.25, 0.3) is 27.5 Å². The lowest BCUT2D eigenvalue weighted by atomic mass is 9.86. The molecule has 1 saturated carbocycles. The number of hydrogen-bond donors (Lipinski definition) is 2. The molecule has 4 aromatic heterocycles. The highest BCUT2D eigenvalue weighted by Crippen LogP contribution is 2.39. The van der Waals surface area contributed by atoms with Gasteiger partial charge in [-0.05, 0) is 49.9 Å². The van der Waals surface area contributed by atoms with Gasteiger partial charge in [0.15, 0.2) is 5.01 Å². The third kappa shape index (κ3) is 4.77. The van der Waals surface area contributed by atoms with E-state index in [1.165, 1.54) is 0 Å². The van der Waals surface area contributed by atoms with Crippen LogP contribution in [-0.2, 0) is 9.53 Å². The number of nitrogens with one attached hydrogen (secondary N) is 2. The molecular formula is C26H26N8O2S. The molecule has 1 amide bonds. The zero-order chi connectivity index (χ0) is 25.4. The maximum atomic E-state index is 11.4. The fourth-order valence-electron chi connectivity index (χ4n) is 4.96. The van der Waals surface area contributed by atoms with Crippen LogP contribution in [0.1, 0.15) is 49.1 Å². The van der Waals surface area contributed by atoms with Gasteiger partial charge < -0.3 is 15.4 Å². The fourth-order valence-corrected chi connectivity index (χ4v) is 6.00. The number of anilines is 1. The van der Waals surface area contributed by atoms with Gasteiger partial charge in [0.05, 0.1) is 53.5 Å². The van der Waals surface area contributed by atoms with Gasteiger partial charge in [-0.15, -0.1) is 10.2 Å². The fraction of sp³-hybridized carbons (Fsp3) is 0.385. The molecule has 37 heavy (non-hydrogen) atoms. The molecule has 5 heterocycles. The molecule has 0 atom stereocenters. The van der Waals surface area contributed by atoms with Crippen LogP contribution in [0.5, 0.6) is 0 Å². The van der Waals surface area contributed by atoms with E-state index in [0.717, 1.165) is 63.9 Å². The maximum Gasteiger partial charge on any atom is 0.217 e. The summed E-state index contributed by atoms with van der Waals surface area (Å²) in [6, 6.07) is 10.3. The van der Waals surface area contributed by atoms with Crippen molar-refractivity contribution in [1.29, 1.82) is 5.26 Å². The van der Waals surface area contributed by atoms with Gasteiger partial charge in [-0.3, -0.25) is 9.78 Å². The van der Waals surface area contributed by atoms with Gasteiger partial charge >= 0.3 is 0 Å². The number of carbonyl (C=O) groups is 1. The Bertz CT molecular complexity index is 1490. The molecule has 0 spiro atoms. The predicted molar refractivity (Wildman–Crippen MR) is 139 cm³/mol. The molecule has 1 saturated heterocycles. The largest absolute Gasteiger partial charge is 0.377 e. The van der Waals surface area contributed by atoms with Crippen LogP contribution >= 0.6 is 11.3 Å². The van der Waals surface area contributed by atoms with Crippen LogP contribution in [0.2, 0.25) is 0 Å². The van der Waals surface area contributed by atoms with E-state index in [1.54, 1.807) is 29.0 Å². The molecule has 11 heteroatoms. The predicted octanol–water partition coefficient (Wildman–Crippen LogP) is 3.76. The van der Waals surface area contributed by atoms with Gasteiger partial charge in [0.2, 0.25) is 5.91 Å². The highest BCUT2D eigenvalue weighted by atomic mass is 32.1. The number of aromatic nitrogens is 5. The Morgan fingerprint density at radius 2 is 1.97 bits per heavy atom. The second kappa shape index (κ2) is 9.88. The lowest BCUT2D eigenvalue weighted by Crippen LogP contribution is -2.40. The van der Waals surface area contributed by atoms with Crippen molar-refractivity contribution in [3.05, 3.63) is 47.2 Å². The van der Waals surface area contributed by atoms with Crippen molar-refractivity contribution in [3.63, 3.8) is 0 Å². The molecular weight excluding hydrogens is 488 g/mol. The molecule has 2 aliphatic rings. The van der Waals surface area contributed by atoms with Crippen LogP contribution in [0.3, 0.4) is 0 Å². The minimum absolute atomic E-state index is 0.0327.